The Morgan fingerprint density at radius 2 is 1.93 bits per heavy atom. The van der Waals surface area contributed by atoms with Crippen LogP contribution in [0.15, 0.2) is 57.6 Å². The second-order valence-electron chi connectivity index (χ2n) is 7.88. The van der Waals surface area contributed by atoms with Gasteiger partial charge in [-0.2, -0.15) is 0 Å². The zero-order chi connectivity index (χ0) is 21.1. The standard InChI is InChI=1S/C22H24N4O2S2/c1-22(2,3)20-23-16(13-29-20)14-30-21-25-24-19(15-7-9-17(27-4)10-8-15)26(21)12-18-6-5-11-28-18/h5-11,13H,12,14H2,1-4H3. The summed E-state index contributed by atoms with van der Waals surface area (Å²) in [5.41, 5.74) is 2.10. The summed E-state index contributed by atoms with van der Waals surface area (Å²) in [7, 11) is 1.66. The van der Waals surface area contributed by atoms with Crippen molar-refractivity contribution in [1.29, 1.82) is 0 Å². The SMILES string of the molecule is COc1ccc(-c2nnc(SCc3csc(C(C)(C)C)n3)n2Cc2ccco2)cc1. The molecule has 0 N–H and O–H groups in total. The summed E-state index contributed by atoms with van der Waals surface area (Å²) in [5, 5.41) is 13.0. The molecule has 4 rings (SSSR count). The molecule has 0 amide bonds. The van der Waals surface area contributed by atoms with Crippen molar-refractivity contribution >= 4 is 23.1 Å². The van der Waals surface area contributed by atoms with Crippen LogP contribution in [0.5, 0.6) is 5.75 Å². The lowest BCUT2D eigenvalue weighted by Gasteiger charge is -2.13. The van der Waals surface area contributed by atoms with E-state index in [2.05, 4.69) is 40.9 Å². The predicted molar refractivity (Wildman–Crippen MR) is 120 cm³/mol. The van der Waals surface area contributed by atoms with Gasteiger partial charge in [0, 0.05) is 22.1 Å². The van der Waals surface area contributed by atoms with Crippen LogP contribution in [0, 0.1) is 0 Å². The third kappa shape index (κ3) is 4.60. The fourth-order valence-electron chi connectivity index (χ4n) is 2.91. The van der Waals surface area contributed by atoms with Gasteiger partial charge in [0.1, 0.15) is 11.5 Å². The summed E-state index contributed by atoms with van der Waals surface area (Å²) in [6, 6.07) is 11.7. The zero-order valence-electron chi connectivity index (χ0n) is 17.5. The molecule has 1 aromatic carbocycles. The van der Waals surface area contributed by atoms with Gasteiger partial charge in [-0.25, -0.2) is 4.98 Å². The number of hydrogen-bond donors (Lipinski definition) is 0. The van der Waals surface area contributed by atoms with Crippen molar-refractivity contribution in [3.63, 3.8) is 0 Å². The predicted octanol–water partition coefficient (Wildman–Crippen LogP) is 5.64. The Morgan fingerprint density at radius 3 is 2.57 bits per heavy atom. The monoisotopic (exact) mass is 440 g/mol. The molecular weight excluding hydrogens is 416 g/mol. The average molecular weight is 441 g/mol. The third-order valence-electron chi connectivity index (χ3n) is 4.50. The number of hydrogen-bond acceptors (Lipinski definition) is 7. The van der Waals surface area contributed by atoms with Gasteiger partial charge in [0.05, 0.1) is 30.6 Å². The number of ether oxygens (including phenoxy) is 1. The summed E-state index contributed by atoms with van der Waals surface area (Å²) in [5.74, 6) is 3.20. The molecule has 0 radical (unpaired) electrons. The third-order valence-corrected chi connectivity index (χ3v) is 6.82. The molecule has 8 heteroatoms. The van der Waals surface area contributed by atoms with Crippen molar-refractivity contribution in [2.45, 2.75) is 43.6 Å². The summed E-state index contributed by atoms with van der Waals surface area (Å²) >= 11 is 3.35. The number of thiazole rings is 1. The van der Waals surface area contributed by atoms with E-state index in [1.807, 2.05) is 36.4 Å². The van der Waals surface area contributed by atoms with E-state index in [0.29, 0.717) is 6.54 Å². The Labute approximate surface area is 184 Å². The van der Waals surface area contributed by atoms with Gasteiger partial charge in [0.2, 0.25) is 0 Å². The summed E-state index contributed by atoms with van der Waals surface area (Å²) in [6.45, 7) is 7.12. The maximum atomic E-state index is 5.58. The van der Waals surface area contributed by atoms with Crippen LogP contribution in [0.25, 0.3) is 11.4 Å². The molecule has 0 fully saturated rings. The van der Waals surface area contributed by atoms with E-state index in [0.717, 1.165) is 44.5 Å². The van der Waals surface area contributed by atoms with Crippen molar-refractivity contribution in [2.24, 2.45) is 0 Å². The van der Waals surface area contributed by atoms with Crippen LogP contribution in [0.1, 0.15) is 37.2 Å². The van der Waals surface area contributed by atoms with Crippen LogP contribution in [-0.4, -0.2) is 26.9 Å². The molecule has 4 aromatic rings. The van der Waals surface area contributed by atoms with Gasteiger partial charge in [-0.3, -0.25) is 4.57 Å². The number of thioether (sulfide) groups is 1. The number of furan rings is 1. The number of aromatic nitrogens is 4. The fourth-order valence-corrected chi connectivity index (χ4v) is 4.75. The average Bonchev–Trinajstić information content (AvgIpc) is 3.48. The van der Waals surface area contributed by atoms with Crippen LogP contribution >= 0.6 is 23.1 Å². The molecule has 0 atom stereocenters. The number of methoxy groups -OCH3 is 1. The van der Waals surface area contributed by atoms with E-state index in [-0.39, 0.29) is 5.41 Å². The smallest absolute Gasteiger partial charge is 0.192 e. The van der Waals surface area contributed by atoms with Crippen molar-refractivity contribution in [3.8, 4) is 17.1 Å². The first-order valence-electron chi connectivity index (χ1n) is 9.62. The van der Waals surface area contributed by atoms with Gasteiger partial charge in [-0.1, -0.05) is 32.5 Å². The Bertz CT molecular complexity index is 1090. The molecule has 3 aromatic heterocycles. The second kappa shape index (κ2) is 8.65. The Balaban J connectivity index is 1.60. The lowest BCUT2D eigenvalue weighted by Crippen LogP contribution is -2.10. The van der Waals surface area contributed by atoms with E-state index in [9.17, 15) is 0 Å². The second-order valence-corrected chi connectivity index (χ2v) is 9.68. The Kier molecular flexibility index (Phi) is 5.97. The highest BCUT2D eigenvalue weighted by Crippen LogP contribution is 2.31. The quantitative estimate of drug-likeness (QED) is 0.346. The molecule has 0 spiro atoms. The normalized spacial score (nSPS) is 11.7. The Hall–Kier alpha value is -2.58. The molecule has 0 aliphatic heterocycles. The van der Waals surface area contributed by atoms with E-state index in [1.165, 1.54) is 0 Å². The molecule has 156 valence electrons. The minimum atomic E-state index is 0.0639. The van der Waals surface area contributed by atoms with Crippen molar-refractivity contribution in [2.75, 3.05) is 7.11 Å². The summed E-state index contributed by atoms with van der Waals surface area (Å²) < 4.78 is 12.9. The van der Waals surface area contributed by atoms with Crippen molar-refractivity contribution < 1.29 is 9.15 Å². The molecule has 0 bridgehead atoms. The minimum Gasteiger partial charge on any atom is -0.497 e. The van der Waals surface area contributed by atoms with Crippen LogP contribution < -0.4 is 4.74 Å². The molecule has 6 nitrogen and oxygen atoms in total. The van der Waals surface area contributed by atoms with Crippen LogP contribution in [-0.2, 0) is 17.7 Å². The number of rotatable bonds is 7. The van der Waals surface area contributed by atoms with Crippen LogP contribution in [0.3, 0.4) is 0 Å². The van der Waals surface area contributed by atoms with Gasteiger partial charge in [-0.15, -0.1) is 21.5 Å². The van der Waals surface area contributed by atoms with Gasteiger partial charge in [0.25, 0.3) is 0 Å². The molecule has 0 unspecified atom stereocenters. The van der Waals surface area contributed by atoms with E-state index < -0.39 is 0 Å². The molecule has 0 saturated carbocycles. The van der Waals surface area contributed by atoms with Gasteiger partial charge >= 0.3 is 0 Å². The van der Waals surface area contributed by atoms with E-state index >= 15 is 0 Å². The molecular formula is C22H24N4O2S2. The zero-order valence-corrected chi connectivity index (χ0v) is 19.1. The van der Waals surface area contributed by atoms with E-state index in [1.54, 1.807) is 36.5 Å². The highest BCUT2D eigenvalue weighted by Gasteiger charge is 2.20. The summed E-state index contributed by atoms with van der Waals surface area (Å²) in [6.07, 6.45) is 1.68. The highest BCUT2D eigenvalue weighted by molar-refractivity contribution is 7.98. The first-order chi connectivity index (χ1) is 14.4. The van der Waals surface area contributed by atoms with Crippen LogP contribution in [0.2, 0.25) is 0 Å². The molecule has 3 heterocycles. The van der Waals surface area contributed by atoms with Gasteiger partial charge < -0.3 is 9.15 Å². The lowest BCUT2D eigenvalue weighted by atomic mass is 9.98. The first kappa shape index (κ1) is 20.7. The van der Waals surface area contributed by atoms with Gasteiger partial charge in [0.15, 0.2) is 11.0 Å². The Morgan fingerprint density at radius 1 is 1.13 bits per heavy atom. The number of nitrogens with zero attached hydrogens (tertiary/aromatic N) is 4. The van der Waals surface area contributed by atoms with Crippen LogP contribution in [0.4, 0.5) is 0 Å². The largest absolute Gasteiger partial charge is 0.497 e. The highest BCUT2D eigenvalue weighted by atomic mass is 32.2. The molecule has 0 aliphatic rings. The van der Waals surface area contributed by atoms with Crippen molar-refractivity contribution in [1.82, 2.24) is 19.7 Å². The maximum absolute atomic E-state index is 5.58. The first-order valence-corrected chi connectivity index (χ1v) is 11.5. The maximum Gasteiger partial charge on any atom is 0.192 e. The fraction of sp³-hybridized carbons (Fsp3) is 0.318. The molecule has 30 heavy (non-hydrogen) atoms. The summed E-state index contributed by atoms with van der Waals surface area (Å²) in [4.78, 5) is 4.79. The minimum absolute atomic E-state index is 0.0639. The topological polar surface area (TPSA) is 66.0 Å². The molecule has 0 aliphatic carbocycles. The number of benzene rings is 1. The lowest BCUT2D eigenvalue weighted by molar-refractivity contribution is 0.415. The van der Waals surface area contributed by atoms with E-state index in [4.69, 9.17) is 14.1 Å². The van der Waals surface area contributed by atoms with Crippen molar-refractivity contribution in [3.05, 3.63) is 64.5 Å². The molecule has 0 saturated heterocycles. The van der Waals surface area contributed by atoms with Gasteiger partial charge in [-0.05, 0) is 36.4 Å².